The van der Waals surface area contributed by atoms with Crippen molar-refractivity contribution < 1.29 is 9.53 Å². The summed E-state index contributed by atoms with van der Waals surface area (Å²) < 4.78 is 6.75. The van der Waals surface area contributed by atoms with Crippen molar-refractivity contribution in [1.82, 2.24) is 0 Å². The third-order valence-electron chi connectivity index (χ3n) is 2.65. The van der Waals surface area contributed by atoms with Crippen LogP contribution in [0.15, 0.2) is 39.3 Å². The van der Waals surface area contributed by atoms with Gasteiger partial charge in [0.25, 0.3) is 5.91 Å². The fourth-order valence-electron chi connectivity index (χ4n) is 1.70. The number of ether oxygens (including phenoxy) is 1. The van der Waals surface area contributed by atoms with Crippen molar-refractivity contribution in [3.05, 3.63) is 54.9 Å². The molecule has 2 aromatic rings. The minimum atomic E-state index is -0.356. The lowest BCUT2D eigenvalue weighted by Gasteiger charge is -2.12. The highest BCUT2D eigenvalue weighted by Crippen LogP contribution is 2.34. The molecule has 0 saturated carbocycles. The summed E-state index contributed by atoms with van der Waals surface area (Å²) in [7, 11) is 1.50. The monoisotopic (exact) mass is 451 g/mol. The average Bonchev–Trinajstić information content (AvgIpc) is 2.42. The fraction of sp³-hybridized carbons (Fsp3) is 0.0714. The van der Waals surface area contributed by atoms with Gasteiger partial charge in [-0.1, -0.05) is 55.1 Å². The summed E-state index contributed by atoms with van der Waals surface area (Å²) >= 11 is 18.8. The summed E-state index contributed by atoms with van der Waals surface area (Å²) in [6.45, 7) is 0. The molecule has 0 heterocycles. The maximum absolute atomic E-state index is 12.4. The molecule has 1 amide bonds. The van der Waals surface area contributed by atoms with Crippen LogP contribution in [0.4, 0.5) is 5.69 Å². The van der Waals surface area contributed by atoms with Crippen LogP contribution >= 0.6 is 55.1 Å². The van der Waals surface area contributed by atoms with Crippen LogP contribution in [0.25, 0.3) is 0 Å². The van der Waals surface area contributed by atoms with Gasteiger partial charge in [-0.15, -0.1) is 0 Å². The quantitative estimate of drug-likeness (QED) is 0.639. The average molecular weight is 454 g/mol. The Bertz CT molecular complexity index is 684. The third-order valence-corrected chi connectivity index (χ3v) is 4.20. The van der Waals surface area contributed by atoms with Crippen LogP contribution in [0.3, 0.4) is 0 Å². The minimum Gasteiger partial charge on any atom is -0.496 e. The van der Waals surface area contributed by atoms with E-state index in [1.165, 1.54) is 7.11 Å². The Labute approximate surface area is 148 Å². The number of amides is 1. The van der Waals surface area contributed by atoms with Crippen molar-refractivity contribution in [3.8, 4) is 5.75 Å². The highest BCUT2D eigenvalue weighted by atomic mass is 79.9. The van der Waals surface area contributed by atoms with Crippen LogP contribution in [-0.2, 0) is 0 Å². The van der Waals surface area contributed by atoms with E-state index < -0.39 is 0 Å². The first kappa shape index (κ1) is 16.6. The highest BCUT2D eigenvalue weighted by Gasteiger charge is 2.16. The molecule has 0 aliphatic rings. The van der Waals surface area contributed by atoms with Gasteiger partial charge in [-0.2, -0.15) is 0 Å². The van der Waals surface area contributed by atoms with E-state index in [9.17, 15) is 4.79 Å². The second kappa shape index (κ2) is 7.01. The second-order valence-corrected chi connectivity index (χ2v) is 6.69. The van der Waals surface area contributed by atoms with Crippen LogP contribution in [0.1, 0.15) is 10.4 Å². The molecule has 2 aromatic carbocycles. The highest BCUT2D eigenvalue weighted by molar-refractivity contribution is 9.10. The molecule has 3 nitrogen and oxygen atoms in total. The van der Waals surface area contributed by atoms with E-state index in [1.54, 1.807) is 30.3 Å². The molecule has 0 aliphatic carbocycles. The van der Waals surface area contributed by atoms with Gasteiger partial charge in [-0.25, -0.2) is 0 Å². The number of anilines is 1. The molecule has 2 rings (SSSR count). The number of carbonyl (C=O) groups is 1. The molecular formula is C14H9Br2Cl2NO2. The van der Waals surface area contributed by atoms with Gasteiger partial charge in [0, 0.05) is 8.95 Å². The SMILES string of the molecule is COc1cc(Br)ccc1C(=O)Nc1c(Cl)cc(Br)cc1Cl. The molecule has 0 saturated heterocycles. The molecule has 1 N–H and O–H groups in total. The van der Waals surface area contributed by atoms with Gasteiger partial charge in [0.15, 0.2) is 0 Å². The summed E-state index contributed by atoms with van der Waals surface area (Å²) in [4.78, 5) is 12.4. The number of hydrogen-bond donors (Lipinski definition) is 1. The standard InChI is InChI=1S/C14H9Br2Cl2NO2/c1-21-12-6-7(15)2-3-9(12)14(20)19-13-10(17)4-8(16)5-11(13)18/h2-6H,1H3,(H,19,20). The number of nitrogens with one attached hydrogen (secondary N) is 1. The zero-order chi connectivity index (χ0) is 15.6. The lowest BCUT2D eigenvalue weighted by atomic mass is 10.2. The Hall–Kier alpha value is -0.750. The zero-order valence-corrected chi connectivity index (χ0v) is 15.4. The molecule has 110 valence electrons. The van der Waals surface area contributed by atoms with Crippen LogP contribution in [0.5, 0.6) is 5.75 Å². The molecule has 0 aliphatic heterocycles. The van der Waals surface area contributed by atoms with Crippen molar-refractivity contribution >= 4 is 66.7 Å². The van der Waals surface area contributed by atoms with Crippen LogP contribution in [0, 0.1) is 0 Å². The molecule has 0 fully saturated rings. The van der Waals surface area contributed by atoms with E-state index in [2.05, 4.69) is 37.2 Å². The van der Waals surface area contributed by atoms with Crippen molar-refractivity contribution in [2.75, 3.05) is 12.4 Å². The molecule has 0 radical (unpaired) electrons. The lowest BCUT2D eigenvalue weighted by molar-refractivity contribution is 0.102. The summed E-state index contributed by atoms with van der Waals surface area (Å²) in [5.74, 6) is 0.0942. The zero-order valence-electron chi connectivity index (χ0n) is 10.7. The Morgan fingerprint density at radius 2 is 1.71 bits per heavy atom. The van der Waals surface area contributed by atoms with E-state index in [-0.39, 0.29) is 5.91 Å². The van der Waals surface area contributed by atoms with Crippen LogP contribution < -0.4 is 10.1 Å². The fourth-order valence-corrected chi connectivity index (χ4v) is 3.34. The van der Waals surface area contributed by atoms with E-state index >= 15 is 0 Å². The van der Waals surface area contributed by atoms with Gasteiger partial charge < -0.3 is 10.1 Å². The Morgan fingerprint density at radius 3 is 2.29 bits per heavy atom. The number of halogens is 4. The van der Waals surface area contributed by atoms with Gasteiger partial charge in [0.1, 0.15) is 5.75 Å². The maximum atomic E-state index is 12.4. The number of methoxy groups -OCH3 is 1. The van der Waals surface area contributed by atoms with E-state index in [0.29, 0.717) is 27.0 Å². The summed E-state index contributed by atoms with van der Waals surface area (Å²) in [5.41, 5.74) is 0.743. The van der Waals surface area contributed by atoms with Gasteiger partial charge in [0.05, 0.1) is 28.4 Å². The Balaban J connectivity index is 2.35. The molecule has 7 heteroatoms. The predicted molar refractivity (Wildman–Crippen MR) is 92.8 cm³/mol. The van der Waals surface area contributed by atoms with Crippen molar-refractivity contribution in [2.24, 2.45) is 0 Å². The maximum Gasteiger partial charge on any atom is 0.259 e. The topological polar surface area (TPSA) is 38.3 Å². The van der Waals surface area contributed by atoms with Crippen molar-refractivity contribution in [2.45, 2.75) is 0 Å². The largest absolute Gasteiger partial charge is 0.496 e. The molecule has 0 bridgehead atoms. The van der Waals surface area contributed by atoms with Crippen LogP contribution in [0.2, 0.25) is 10.0 Å². The Kier molecular flexibility index (Phi) is 5.54. The van der Waals surface area contributed by atoms with Crippen LogP contribution in [-0.4, -0.2) is 13.0 Å². The summed E-state index contributed by atoms with van der Waals surface area (Å²) in [5, 5.41) is 3.39. The van der Waals surface area contributed by atoms with Gasteiger partial charge >= 0.3 is 0 Å². The normalized spacial score (nSPS) is 10.3. The third kappa shape index (κ3) is 3.92. The lowest BCUT2D eigenvalue weighted by Crippen LogP contribution is -2.14. The van der Waals surface area contributed by atoms with Gasteiger partial charge in [0.2, 0.25) is 0 Å². The first-order valence-electron chi connectivity index (χ1n) is 5.72. The minimum absolute atomic E-state index is 0.346. The number of rotatable bonds is 3. The van der Waals surface area contributed by atoms with Crippen molar-refractivity contribution in [1.29, 1.82) is 0 Å². The van der Waals surface area contributed by atoms with Gasteiger partial charge in [-0.05, 0) is 30.3 Å². The molecule has 21 heavy (non-hydrogen) atoms. The molecule has 0 atom stereocenters. The Morgan fingerprint density at radius 1 is 1.10 bits per heavy atom. The first-order chi connectivity index (χ1) is 9.92. The van der Waals surface area contributed by atoms with E-state index in [4.69, 9.17) is 27.9 Å². The molecule has 0 unspecified atom stereocenters. The predicted octanol–water partition coefficient (Wildman–Crippen LogP) is 5.78. The molecular weight excluding hydrogens is 445 g/mol. The second-order valence-electron chi connectivity index (χ2n) is 4.04. The first-order valence-corrected chi connectivity index (χ1v) is 8.06. The molecule has 0 spiro atoms. The number of carbonyl (C=O) groups excluding carboxylic acids is 1. The van der Waals surface area contributed by atoms with E-state index in [1.807, 2.05) is 0 Å². The van der Waals surface area contributed by atoms with Crippen molar-refractivity contribution in [3.63, 3.8) is 0 Å². The number of hydrogen-bond acceptors (Lipinski definition) is 2. The number of benzene rings is 2. The summed E-state index contributed by atoms with van der Waals surface area (Å²) in [6, 6.07) is 8.42. The smallest absolute Gasteiger partial charge is 0.259 e. The summed E-state index contributed by atoms with van der Waals surface area (Å²) in [6.07, 6.45) is 0. The van der Waals surface area contributed by atoms with E-state index in [0.717, 1.165) is 8.95 Å². The van der Waals surface area contributed by atoms with Gasteiger partial charge in [-0.3, -0.25) is 4.79 Å². The molecule has 0 aromatic heterocycles.